The zero-order valence-corrected chi connectivity index (χ0v) is 24.0. The Kier molecular flexibility index (Phi) is 6.66. The quantitative estimate of drug-likeness (QED) is 0.275. The molecule has 0 bridgehead atoms. The molecule has 4 aromatic carbocycles. The maximum absolute atomic E-state index is 14.0. The van der Waals surface area contributed by atoms with Crippen LogP contribution in [0.25, 0.3) is 22.0 Å². The van der Waals surface area contributed by atoms with E-state index in [1.165, 1.54) is 5.69 Å². The molecule has 7 heteroatoms. The second-order valence-corrected chi connectivity index (χ2v) is 13.2. The standard InChI is InChI=1S/C34H34N4O2S/c1-36-17-19-37(20-18-36)29-14-11-26(12-15-29)27-13-16-30-28(21-27)23-38(41(39,40)24-25-7-3-2-4-8-25)34(30)32-22-35-33-10-6-5-9-31(32)33/h2-16,21-22,34-35H,17-20,23-24H2,1H3/t34-/m1/s1. The maximum Gasteiger partial charge on any atom is 0.219 e. The average molecular weight is 563 g/mol. The van der Waals surface area contributed by atoms with Gasteiger partial charge in [-0.05, 0) is 59.1 Å². The zero-order valence-electron chi connectivity index (χ0n) is 23.2. The predicted molar refractivity (Wildman–Crippen MR) is 166 cm³/mol. The highest BCUT2D eigenvalue weighted by Crippen LogP contribution is 2.44. The normalized spacial score (nSPS) is 18.2. The van der Waals surface area contributed by atoms with Crippen molar-refractivity contribution in [1.82, 2.24) is 14.2 Å². The summed E-state index contributed by atoms with van der Waals surface area (Å²) in [5.74, 6) is -0.0265. The van der Waals surface area contributed by atoms with Gasteiger partial charge in [0, 0.05) is 61.1 Å². The van der Waals surface area contributed by atoms with Crippen molar-refractivity contribution in [2.75, 3.05) is 38.1 Å². The molecule has 2 aliphatic heterocycles. The van der Waals surface area contributed by atoms with Gasteiger partial charge in [-0.15, -0.1) is 0 Å². The number of hydrogen-bond acceptors (Lipinski definition) is 4. The number of benzene rings is 4. The molecule has 7 rings (SSSR count). The Bertz CT molecular complexity index is 1790. The molecule has 1 fully saturated rings. The minimum atomic E-state index is -3.61. The number of para-hydroxylation sites is 1. The van der Waals surface area contributed by atoms with Crippen LogP contribution in [0.2, 0.25) is 0 Å². The van der Waals surface area contributed by atoms with E-state index in [4.69, 9.17) is 0 Å². The number of H-pyrrole nitrogens is 1. The summed E-state index contributed by atoms with van der Waals surface area (Å²) in [6.07, 6.45) is 1.97. The van der Waals surface area contributed by atoms with Crippen LogP contribution in [0.15, 0.2) is 103 Å². The van der Waals surface area contributed by atoms with Crippen LogP contribution in [0.4, 0.5) is 5.69 Å². The van der Waals surface area contributed by atoms with Crippen molar-refractivity contribution < 1.29 is 8.42 Å². The van der Waals surface area contributed by atoms with Crippen molar-refractivity contribution in [3.63, 3.8) is 0 Å². The predicted octanol–water partition coefficient (Wildman–Crippen LogP) is 6.02. The van der Waals surface area contributed by atoms with E-state index in [0.717, 1.165) is 70.5 Å². The first-order valence-electron chi connectivity index (χ1n) is 14.2. The average Bonchev–Trinajstić information content (AvgIpc) is 3.59. The molecule has 208 valence electrons. The molecular weight excluding hydrogens is 528 g/mol. The van der Waals surface area contributed by atoms with Gasteiger partial charge in [-0.25, -0.2) is 8.42 Å². The third kappa shape index (κ3) is 4.95. The van der Waals surface area contributed by atoms with Crippen molar-refractivity contribution >= 4 is 26.6 Å². The highest BCUT2D eigenvalue weighted by Gasteiger charge is 2.40. The molecular formula is C34H34N4O2S. The summed E-state index contributed by atoms with van der Waals surface area (Å²) >= 11 is 0. The first-order valence-corrected chi connectivity index (χ1v) is 15.8. The van der Waals surface area contributed by atoms with Crippen LogP contribution in [0.3, 0.4) is 0 Å². The van der Waals surface area contributed by atoms with Crippen molar-refractivity contribution in [1.29, 1.82) is 0 Å². The second-order valence-electron chi connectivity index (χ2n) is 11.2. The van der Waals surface area contributed by atoms with Crippen molar-refractivity contribution in [2.24, 2.45) is 0 Å². The molecule has 5 aromatic rings. The number of fused-ring (bicyclic) bond motifs is 2. The summed E-state index contributed by atoms with van der Waals surface area (Å²) < 4.78 is 29.7. The van der Waals surface area contributed by atoms with E-state index in [1.807, 2.05) is 54.7 Å². The number of aromatic nitrogens is 1. The number of piperazine rings is 1. The van der Waals surface area contributed by atoms with E-state index < -0.39 is 10.0 Å². The van der Waals surface area contributed by atoms with E-state index >= 15 is 0 Å². The smallest absolute Gasteiger partial charge is 0.219 e. The minimum Gasteiger partial charge on any atom is -0.369 e. The Labute approximate surface area is 241 Å². The summed E-state index contributed by atoms with van der Waals surface area (Å²) in [5, 5.41) is 1.05. The van der Waals surface area contributed by atoms with Crippen LogP contribution in [0.1, 0.15) is 28.3 Å². The Hall–Kier alpha value is -3.91. The summed E-state index contributed by atoms with van der Waals surface area (Å²) in [5.41, 5.74) is 8.38. The Morgan fingerprint density at radius 1 is 0.780 bits per heavy atom. The SMILES string of the molecule is CN1CCN(c2ccc(-c3ccc4c(c3)CN(S(=O)(=O)Cc3ccccc3)[C@H]4c3c[nH]c4ccccc34)cc2)CC1. The van der Waals surface area contributed by atoms with Gasteiger partial charge in [0.05, 0.1) is 11.8 Å². The molecule has 6 nitrogen and oxygen atoms in total. The van der Waals surface area contributed by atoms with Crippen LogP contribution >= 0.6 is 0 Å². The molecule has 3 heterocycles. The van der Waals surface area contributed by atoms with Crippen LogP contribution < -0.4 is 4.90 Å². The zero-order chi connectivity index (χ0) is 28.0. The number of likely N-dealkylation sites (N-methyl/N-ethyl adjacent to an activating group) is 1. The van der Waals surface area contributed by atoms with Crippen molar-refractivity contribution in [2.45, 2.75) is 18.3 Å². The number of hydrogen-bond donors (Lipinski definition) is 1. The largest absolute Gasteiger partial charge is 0.369 e. The number of nitrogens with one attached hydrogen (secondary N) is 1. The first kappa shape index (κ1) is 26.0. The molecule has 0 saturated carbocycles. The van der Waals surface area contributed by atoms with Crippen LogP contribution in [0, 0.1) is 0 Å². The fraction of sp³-hybridized carbons (Fsp3) is 0.235. The van der Waals surface area contributed by atoms with Gasteiger partial charge in [-0.1, -0.05) is 72.8 Å². The van der Waals surface area contributed by atoms with Gasteiger partial charge in [0.15, 0.2) is 0 Å². The third-order valence-corrected chi connectivity index (χ3v) is 10.3. The lowest BCUT2D eigenvalue weighted by molar-refractivity contribution is 0.313. The lowest BCUT2D eigenvalue weighted by Gasteiger charge is -2.34. The van der Waals surface area contributed by atoms with Crippen molar-refractivity contribution in [3.8, 4) is 11.1 Å². The number of sulfonamides is 1. The van der Waals surface area contributed by atoms with E-state index in [-0.39, 0.29) is 11.8 Å². The number of anilines is 1. The number of aromatic amines is 1. The molecule has 0 amide bonds. The lowest BCUT2D eigenvalue weighted by Crippen LogP contribution is -2.44. The molecule has 1 saturated heterocycles. The topological polar surface area (TPSA) is 59.6 Å². The van der Waals surface area contributed by atoms with Gasteiger partial charge < -0.3 is 14.8 Å². The van der Waals surface area contributed by atoms with Gasteiger partial charge in [0.1, 0.15) is 0 Å². The van der Waals surface area contributed by atoms with E-state index in [9.17, 15) is 8.42 Å². The van der Waals surface area contributed by atoms with Gasteiger partial charge in [0.25, 0.3) is 0 Å². The van der Waals surface area contributed by atoms with Gasteiger partial charge in [-0.3, -0.25) is 0 Å². The number of nitrogens with zero attached hydrogens (tertiary/aromatic N) is 3. The molecule has 0 radical (unpaired) electrons. The third-order valence-electron chi connectivity index (χ3n) is 8.59. The van der Waals surface area contributed by atoms with Gasteiger partial charge in [-0.2, -0.15) is 4.31 Å². The molecule has 1 aromatic heterocycles. The van der Waals surface area contributed by atoms with Gasteiger partial charge >= 0.3 is 0 Å². The molecule has 0 unspecified atom stereocenters. The molecule has 2 aliphatic rings. The summed E-state index contributed by atoms with van der Waals surface area (Å²) in [6.45, 7) is 4.58. The fourth-order valence-electron chi connectivity index (χ4n) is 6.30. The van der Waals surface area contributed by atoms with Crippen LogP contribution in [-0.4, -0.2) is 55.8 Å². The maximum atomic E-state index is 14.0. The van der Waals surface area contributed by atoms with E-state index in [2.05, 4.69) is 70.4 Å². The summed E-state index contributed by atoms with van der Waals surface area (Å²) in [7, 11) is -1.44. The van der Waals surface area contributed by atoms with Crippen molar-refractivity contribution in [3.05, 3.63) is 126 Å². The molecule has 1 atom stereocenters. The summed E-state index contributed by atoms with van der Waals surface area (Å²) in [6, 6.07) is 32.4. The van der Waals surface area contributed by atoms with E-state index in [1.54, 1.807) is 4.31 Å². The monoisotopic (exact) mass is 562 g/mol. The van der Waals surface area contributed by atoms with Crippen LogP contribution in [-0.2, 0) is 22.3 Å². The second kappa shape index (κ2) is 10.5. The highest BCUT2D eigenvalue weighted by molar-refractivity contribution is 7.88. The Morgan fingerprint density at radius 2 is 1.49 bits per heavy atom. The molecule has 0 aliphatic carbocycles. The molecule has 0 spiro atoms. The first-order chi connectivity index (χ1) is 20.0. The fourth-order valence-corrected chi connectivity index (χ4v) is 7.97. The number of rotatable bonds is 6. The molecule has 1 N–H and O–H groups in total. The van der Waals surface area contributed by atoms with E-state index in [0.29, 0.717) is 6.54 Å². The minimum absolute atomic E-state index is 0.0265. The summed E-state index contributed by atoms with van der Waals surface area (Å²) in [4.78, 5) is 8.16. The molecule has 41 heavy (non-hydrogen) atoms. The van der Waals surface area contributed by atoms with Crippen LogP contribution in [0.5, 0.6) is 0 Å². The Morgan fingerprint density at radius 3 is 2.27 bits per heavy atom. The lowest BCUT2D eigenvalue weighted by atomic mass is 9.94. The highest BCUT2D eigenvalue weighted by atomic mass is 32.2. The Balaban J connectivity index is 1.24. The van der Waals surface area contributed by atoms with Gasteiger partial charge in [0.2, 0.25) is 10.0 Å².